The minimum absolute atomic E-state index is 0.0901. The van der Waals surface area contributed by atoms with E-state index in [4.69, 9.17) is 27.9 Å². The van der Waals surface area contributed by atoms with Crippen LogP contribution in [0.3, 0.4) is 0 Å². The van der Waals surface area contributed by atoms with Gasteiger partial charge in [-0.25, -0.2) is 8.42 Å². The summed E-state index contributed by atoms with van der Waals surface area (Å²) in [6, 6.07) is 10.6. The highest BCUT2D eigenvalue weighted by Gasteiger charge is 2.33. The zero-order chi connectivity index (χ0) is 27.3. The van der Waals surface area contributed by atoms with Gasteiger partial charge in [0.25, 0.3) is 0 Å². The lowest BCUT2D eigenvalue weighted by molar-refractivity contribution is -0.141. The second-order valence-corrected chi connectivity index (χ2v) is 12.2. The Morgan fingerprint density at radius 1 is 1.06 bits per heavy atom. The summed E-state index contributed by atoms with van der Waals surface area (Å²) in [6.07, 6.45) is 1.32. The quantitative estimate of drug-likeness (QED) is 0.464. The van der Waals surface area contributed by atoms with Gasteiger partial charge >= 0.3 is 0 Å². The number of hydrogen-bond acceptors (Lipinski definition) is 5. The first-order valence-electron chi connectivity index (χ1n) is 11.3. The summed E-state index contributed by atoms with van der Waals surface area (Å²) in [4.78, 5) is 28.3. The number of nitrogens with one attached hydrogen (secondary N) is 1. The van der Waals surface area contributed by atoms with Crippen LogP contribution in [-0.2, 0) is 26.2 Å². The first kappa shape index (κ1) is 29.7. The maximum atomic E-state index is 13.7. The van der Waals surface area contributed by atoms with E-state index in [9.17, 15) is 18.0 Å². The van der Waals surface area contributed by atoms with Crippen molar-refractivity contribution in [2.24, 2.45) is 0 Å². The van der Waals surface area contributed by atoms with E-state index >= 15 is 0 Å². The summed E-state index contributed by atoms with van der Waals surface area (Å²) < 4.78 is 31.5. The van der Waals surface area contributed by atoms with Crippen LogP contribution in [0.15, 0.2) is 42.5 Å². The maximum Gasteiger partial charge on any atom is 0.244 e. The normalized spacial score (nSPS) is 12.6. The van der Waals surface area contributed by atoms with Crippen LogP contribution in [0.2, 0.25) is 10.0 Å². The van der Waals surface area contributed by atoms with Gasteiger partial charge < -0.3 is 15.0 Å². The molecule has 2 amide bonds. The molecule has 0 aliphatic heterocycles. The minimum Gasteiger partial charge on any atom is -0.497 e. The number of anilines is 1. The summed E-state index contributed by atoms with van der Waals surface area (Å²) in [5.74, 6) is -0.234. The molecule has 2 aromatic rings. The molecule has 0 radical (unpaired) electrons. The van der Waals surface area contributed by atoms with E-state index in [-0.39, 0.29) is 28.2 Å². The molecule has 36 heavy (non-hydrogen) atoms. The smallest absolute Gasteiger partial charge is 0.244 e. The lowest BCUT2D eigenvalue weighted by atomic mass is 10.1. The number of amides is 2. The van der Waals surface area contributed by atoms with E-state index in [1.54, 1.807) is 38.3 Å². The molecule has 1 unspecified atom stereocenters. The molecule has 11 heteroatoms. The van der Waals surface area contributed by atoms with E-state index in [1.807, 2.05) is 20.8 Å². The summed E-state index contributed by atoms with van der Waals surface area (Å²) in [5, 5.41) is 3.37. The van der Waals surface area contributed by atoms with Gasteiger partial charge in [0.1, 0.15) is 18.3 Å². The maximum absolute atomic E-state index is 13.7. The van der Waals surface area contributed by atoms with Crippen LogP contribution in [0.4, 0.5) is 5.69 Å². The van der Waals surface area contributed by atoms with Gasteiger partial charge in [0.05, 0.1) is 19.1 Å². The molecule has 0 saturated carbocycles. The zero-order valence-corrected chi connectivity index (χ0v) is 23.7. The fraction of sp³-hybridized carbons (Fsp3) is 0.440. The first-order valence-corrected chi connectivity index (χ1v) is 13.9. The number of hydrogen-bond donors (Lipinski definition) is 1. The van der Waals surface area contributed by atoms with E-state index in [1.165, 1.54) is 23.1 Å². The number of sulfonamides is 1. The van der Waals surface area contributed by atoms with Crippen molar-refractivity contribution in [3.05, 3.63) is 58.1 Å². The fourth-order valence-corrected chi connectivity index (χ4v) is 4.94. The third-order valence-corrected chi connectivity index (χ3v) is 6.79. The van der Waals surface area contributed by atoms with Gasteiger partial charge in [-0.1, -0.05) is 42.3 Å². The molecule has 0 bridgehead atoms. The number of carbonyl (C=O) groups is 2. The third kappa shape index (κ3) is 8.57. The summed E-state index contributed by atoms with van der Waals surface area (Å²) >= 11 is 12.2. The molecular weight excluding hydrogens is 525 g/mol. The first-order chi connectivity index (χ1) is 16.6. The van der Waals surface area contributed by atoms with Gasteiger partial charge in [0, 0.05) is 22.1 Å². The van der Waals surface area contributed by atoms with Gasteiger partial charge in [-0.15, -0.1) is 0 Å². The van der Waals surface area contributed by atoms with Gasteiger partial charge in [0.2, 0.25) is 21.8 Å². The fourth-order valence-electron chi connectivity index (χ4n) is 3.60. The number of benzene rings is 2. The number of rotatable bonds is 10. The lowest BCUT2D eigenvalue weighted by Gasteiger charge is -2.34. The van der Waals surface area contributed by atoms with Crippen molar-refractivity contribution in [3.63, 3.8) is 0 Å². The van der Waals surface area contributed by atoms with Gasteiger partial charge in [-0.3, -0.25) is 13.9 Å². The van der Waals surface area contributed by atoms with E-state index in [2.05, 4.69) is 5.32 Å². The Morgan fingerprint density at radius 3 is 2.06 bits per heavy atom. The number of methoxy groups -OCH3 is 1. The summed E-state index contributed by atoms with van der Waals surface area (Å²) in [7, 11) is -2.34. The molecular formula is C25H33Cl2N3O5S. The third-order valence-electron chi connectivity index (χ3n) is 5.21. The second kappa shape index (κ2) is 12.2. The zero-order valence-electron chi connectivity index (χ0n) is 21.3. The Balaban J connectivity index is 2.48. The lowest BCUT2D eigenvalue weighted by Crippen LogP contribution is -2.55. The van der Waals surface area contributed by atoms with E-state index in [0.29, 0.717) is 12.2 Å². The molecule has 198 valence electrons. The topological polar surface area (TPSA) is 96.0 Å². The van der Waals surface area contributed by atoms with Crippen LogP contribution in [0, 0.1) is 0 Å². The van der Waals surface area contributed by atoms with E-state index in [0.717, 1.165) is 16.1 Å². The van der Waals surface area contributed by atoms with Crippen LogP contribution >= 0.6 is 23.2 Å². The summed E-state index contributed by atoms with van der Waals surface area (Å²) in [5.41, 5.74) is 0.387. The molecule has 0 saturated heterocycles. The predicted octanol–water partition coefficient (Wildman–Crippen LogP) is 4.49. The molecule has 8 nitrogen and oxygen atoms in total. The predicted molar refractivity (Wildman–Crippen MR) is 144 cm³/mol. The highest BCUT2D eigenvalue weighted by atomic mass is 35.5. The number of halogens is 2. The summed E-state index contributed by atoms with van der Waals surface area (Å²) in [6.45, 7) is 6.90. The van der Waals surface area contributed by atoms with Crippen LogP contribution < -0.4 is 14.4 Å². The molecule has 1 N–H and O–H groups in total. The van der Waals surface area contributed by atoms with Crippen molar-refractivity contribution in [2.45, 2.75) is 52.2 Å². The van der Waals surface area contributed by atoms with Crippen LogP contribution in [-0.4, -0.2) is 56.6 Å². The van der Waals surface area contributed by atoms with E-state index < -0.39 is 34.1 Å². The number of carbonyl (C=O) groups excluding carboxylic acids is 2. The Kier molecular flexibility index (Phi) is 10.0. The highest BCUT2D eigenvalue weighted by molar-refractivity contribution is 7.92. The Morgan fingerprint density at radius 2 is 1.61 bits per heavy atom. The van der Waals surface area contributed by atoms with Crippen molar-refractivity contribution < 1.29 is 22.7 Å². The van der Waals surface area contributed by atoms with Crippen molar-refractivity contribution in [1.82, 2.24) is 10.2 Å². The average Bonchev–Trinajstić information content (AvgIpc) is 2.74. The Hall–Kier alpha value is -2.49. The van der Waals surface area contributed by atoms with Gasteiger partial charge in [-0.2, -0.15) is 0 Å². The molecule has 0 aliphatic carbocycles. The highest BCUT2D eigenvalue weighted by Crippen LogP contribution is 2.27. The second-order valence-electron chi connectivity index (χ2n) is 9.43. The molecule has 1 atom stereocenters. The van der Waals surface area contributed by atoms with Crippen molar-refractivity contribution in [2.75, 3.05) is 24.2 Å². The van der Waals surface area contributed by atoms with Crippen LogP contribution in [0.25, 0.3) is 0 Å². The van der Waals surface area contributed by atoms with Crippen molar-refractivity contribution >= 4 is 50.7 Å². The van der Waals surface area contributed by atoms with Crippen molar-refractivity contribution in [3.8, 4) is 5.75 Å². The number of ether oxygens (including phenoxy) is 1. The molecule has 0 spiro atoms. The van der Waals surface area contributed by atoms with Crippen LogP contribution in [0.1, 0.15) is 39.7 Å². The molecule has 0 aromatic heterocycles. The largest absolute Gasteiger partial charge is 0.497 e. The molecule has 0 heterocycles. The SMILES string of the molecule is CCC(C(=O)NC(C)(C)C)N(Cc1ccc(OC)cc1)C(=O)CN(c1cc(Cl)cc(Cl)c1)S(C)(=O)=O. The Labute approximate surface area is 223 Å². The van der Waals surface area contributed by atoms with Crippen molar-refractivity contribution in [1.29, 1.82) is 0 Å². The van der Waals surface area contributed by atoms with Gasteiger partial charge in [-0.05, 0) is 63.1 Å². The number of nitrogens with zero attached hydrogens (tertiary/aromatic N) is 2. The molecule has 2 aromatic carbocycles. The molecule has 0 aliphatic rings. The van der Waals surface area contributed by atoms with Gasteiger partial charge in [0.15, 0.2) is 0 Å². The standard InChI is InChI=1S/C25H33Cl2N3O5S/c1-7-22(24(32)28-25(2,3)4)29(15-17-8-10-21(35-5)11-9-17)23(31)16-30(36(6,33)34)20-13-18(26)12-19(27)14-20/h8-14,22H,7,15-16H2,1-6H3,(H,28,32). The molecule has 2 rings (SSSR count). The Bertz CT molecular complexity index is 1160. The molecule has 0 fully saturated rings. The minimum atomic E-state index is -3.89. The van der Waals surface area contributed by atoms with Crippen LogP contribution in [0.5, 0.6) is 5.75 Å². The monoisotopic (exact) mass is 557 g/mol. The average molecular weight is 559 g/mol.